The van der Waals surface area contributed by atoms with Gasteiger partial charge in [-0.25, -0.2) is 0 Å². The summed E-state index contributed by atoms with van der Waals surface area (Å²) in [6.07, 6.45) is 29.0. The third-order valence-corrected chi connectivity index (χ3v) is 7.45. The first-order valence-corrected chi connectivity index (χ1v) is 15.3. The number of rotatable bonds is 25. The minimum absolute atomic E-state index is 0. The quantitative estimate of drug-likeness (QED) is 0.0625. The smallest absolute Gasteiger partial charge is 0.221 e. The van der Waals surface area contributed by atoms with Crippen LogP contribution in [0.1, 0.15) is 163 Å². The molecule has 0 fully saturated rings. The Labute approximate surface area is 231 Å². The lowest BCUT2D eigenvalue weighted by Crippen LogP contribution is -2.57. The summed E-state index contributed by atoms with van der Waals surface area (Å²) < 4.78 is 0. The van der Waals surface area contributed by atoms with Gasteiger partial charge in [0.2, 0.25) is 5.91 Å². The Morgan fingerprint density at radius 1 is 0.750 bits per heavy atom. The van der Waals surface area contributed by atoms with E-state index in [4.69, 9.17) is 0 Å². The zero-order valence-electron chi connectivity index (χ0n) is 24.7. The number of aliphatic hydroxyl groups is 1. The number of nitrogens with one attached hydrogen (secondary N) is 2. The molecule has 0 aromatic heterocycles. The van der Waals surface area contributed by atoms with Gasteiger partial charge in [-0.1, -0.05) is 117 Å². The summed E-state index contributed by atoms with van der Waals surface area (Å²) in [6.45, 7) is 10.2. The second kappa shape index (κ2) is 26.0. The normalized spacial score (nSPS) is 14.8. The molecule has 0 aromatic carbocycles. The molecule has 0 radical (unpaired) electrons. The van der Waals surface area contributed by atoms with Crippen LogP contribution in [0.3, 0.4) is 0 Å². The second-order valence-corrected chi connectivity index (χ2v) is 10.9. The molecule has 1 amide bonds. The maximum absolute atomic E-state index is 12.3. The fraction of sp³-hybridized carbons (Fsp3) is 0.903. The van der Waals surface area contributed by atoms with Crippen molar-refractivity contribution in [2.75, 3.05) is 0 Å². The van der Waals surface area contributed by atoms with Crippen molar-refractivity contribution < 1.29 is 9.90 Å². The van der Waals surface area contributed by atoms with Crippen molar-refractivity contribution in [2.45, 2.75) is 175 Å². The average Bonchev–Trinajstić information content (AvgIpc) is 2.84. The van der Waals surface area contributed by atoms with Crippen LogP contribution >= 0.6 is 12.4 Å². The topological polar surface area (TPSA) is 61.4 Å². The molecule has 4 nitrogen and oxygen atoms in total. The molecule has 0 aromatic rings. The number of hydrogen-bond donors (Lipinski definition) is 3. The van der Waals surface area contributed by atoms with Crippen molar-refractivity contribution in [1.29, 1.82) is 0 Å². The SMILES string of the molecule is CCCCCCCC/C=C\CCCCCCCCCCCC(=O)NC(CC)NC(C)(O)C(C)CC.Cl. The van der Waals surface area contributed by atoms with Gasteiger partial charge in [-0.15, -0.1) is 12.4 Å². The van der Waals surface area contributed by atoms with Crippen molar-refractivity contribution in [3.8, 4) is 0 Å². The fourth-order valence-electron chi connectivity index (χ4n) is 4.46. The highest BCUT2D eigenvalue weighted by atomic mass is 35.5. The second-order valence-electron chi connectivity index (χ2n) is 10.9. The number of hydrogen-bond acceptors (Lipinski definition) is 3. The molecule has 0 heterocycles. The van der Waals surface area contributed by atoms with Crippen LogP contribution in [0, 0.1) is 5.92 Å². The lowest BCUT2D eigenvalue weighted by atomic mass is 9.96. The highest BCUT2D eigenvalue weighted by molar-refractivity contribution is 5.85. The van der Waals surface area contributed by atoms with Crippen LogP contribution in [0.4, 0.5) is 0 Å². The Morgan fingerprint density at radius 2 is 1.19 bits per heavy atom. The predicted molar refractivity (Wildman–Crippen MR) is 161 cm³/mol. The van der Waals surface area contributed by atoms with Crippen LogP contribution in [0.15, 0.2) is 12.2 Å². The van der Waals surface area contributed by atoms with Gasteiger partial charge in [-0.2, -0.15) is 0 Å². The van der Waals surface area contributed by atoms with Crippen molar-refractivity contribution in [3.05, 3.63) is 12.2 Å². The van der Waals surface area contributed by atoms with Crippen LogP contribution in [-0.4, -0.2) is 22.9 Å². The van der Waals surface area contributed by atoms with Crippen LogP contribution in [0.25, 0.3) is 0 Å². The molecule has 3 unspecified atom stereocenters. The monoisotopic (exact) mass is 530 g/mol. The minimum Gasteiger partial charge on any atom is -0.376 e. The van der Waals surface area contributed by atoms with E-state index in [9.17, 15) is 9.90 Å². The molecule has 3 N–H and O–H groups in total. The maximum Gasteiger partial charge on any atom is 0.221 e. The Hall–Kier alpha value is -0.580. The average molecular weight is 531 g/mol. The number of allylic oxidation sites excluding steroid dienone is 2. The van der Waals surface area contributed by atoms with E-state index < -0.39 is 5.72 Å². The van der Waals surface area contributed by atoms with Crippen molar-refractivity contribution in [2.24, 2.45) is 5.92 Å². The van der Waals surface area contributed by atoms with E-state index in [-0.39, 0.29) is 30.4 Å². The number of carbonyl (C=O) groups is 1. The maximum atomic E-state index is 12.3. The fourth-order valence-corrected chi connectivity index (χ4v) is 4.46. The number of amides is 1. The van der Waals surface area contributed by atoms with Gasteiger partial charge >= 0.3 is 0 Å². The van der Waals surface area contributed by atoms with E-state index in [1.807, 2.05) is 13.8 Å². The summed E-state index contributed by atoms with van der Waals surface area (Å²) in [5.41, 5.74) is -0.966. The van der Waals surface area contributed by atoms with Crippen LogP contribution in [0.2, 0.25) is 0 Å². The first-order chi connectivity index (χ1) is 16.9. The molecule has 0 saturated heterocycles. The van der Waals surface area contributed by atoms with E-state index in [0.29, 0.717) is 6.42 Å². The van der Waals surface area contributed by atoms with Gasteiger partial charge in [0, 0.05) is 6.42 Å². The molecule has 216 valence electrons. The van der Waals surface area contributed by atoms with Crippen molar-refractivity contribution in [3.63, 3.8) is 0 Å². The number of halogens is 1. The lowest BCUT2D eigenvalue weighted by molar-refractivity contribution is -0.123. The van der Waals surface area contributed by atoms with Gasteiger partial charge in [0.05, 0.1) is 6.17 Å². The summed E-state index contributed by atoms with van der Waals surface area (Å²) in [7, 11) is 0. The Bertz CT molecular complexity index is 511. The van der Waals surface area contributed by atoms with Crippen LogP contribution < -0.4 is 10.6 Å². The molecule has 0 saturated carbocycles. The highest BCUT2D eigenvalue weighted by Crippen LogP contribution is 2.18. The standard InChI is InChI=1S/C31H62N2O2.ClH/c1-6-9-10-11-12-13-14-15-16-17-18-19-20-21-22-23-24-25-26-27-30(34)32-29(8-3)33-31(5,35)28(4)7-2;/h15-16,28-29,33,35H,6-14,17-27H2,1-5H3,(H,32,34);1H/b16-15-;. The van der Waals surface area contributed by atoms with Gasteiger partial charge in [-0.05, 0) is 57.8 Å². The largest absolute Gasteiger partial charge is 0.376 e. The molecule has 36 heavy (non-hydrogen) atoms. The molecular formula is C31H63ClN2O2. The van der Waals surface area contributed by atoms with E-state index in [0.717, 1.165) is 25.7 Å². The van der Waals surface area contributed by atoms with E-state index in [2.05, 4.69) is 36.6 Å². The predicted octanol–water partition coefficient (Wildman–Crippen LogP) is 9.20. The summed E-state index contributed by atoms with van der Waals surface area (Å²) in [6, 6.07) is 0. The third-order valence-electron chi connectivity index (χ3n) is 7.45. The van der Waals surface area contributed by atoms with Gasteiger partial charge < -0.3 is 10.4 Å². The minimum atomic E-state index is -0.966. The van der Waals surface area contributed by atoms with E-state index in [1.54, 1.807) is 6.92 Å². The lowest BCUT2D eigenvalue weighted by Gasteiger charge is -2.35. The first-order valence-electron chi connectivity index (χ1n) is 15.3. The number of carbonyl (C=O) groups excluding carboxylic acids is 1. The van der Waals surface area contributed by atoms with E-state index in [1.165, 1.54) is 96.3 Å². The zero-order chi connectivity index (χ0) is 26.2. The Kier molecular flexibility index (Phi) is 27.2. The molecule has 0 spiro atoms. The van der Waals surface area contributed by atoms with Gasteiger partial charge in [-0.3, -0.25) is 10.1 Å². The molecule has 0 aliphatic carbocycles. The molecule has 0 bridgehead atoms. The molecule has 0 aliphatic heterocycles. The van der Waals surface area contributed by atoms with Crippen molar-refractivity contribution in [1.82, 2.24) is 10.6 Å². The molecule has 0 aliphatic rings. The first kappa shape index (κ1) is 37.6. The molecule has 3 atom stereocenters. The summed E-state index contributed by atoms with van der Waals surface area (Å²) in [5.74, 6) is 0.218. The van der Waals surface area contributed by atoms with E-state index >= 15 is 0 Å². The summed E-state index contributed by atoms with van der Waals surface area (Å²) >= 11 is 0. The van der Waals surface area contributed by atoms with Crippen LogP contribution in [0.5, 0.6) is 0 Å². The van der Waals surface area contributed by atoms with Gasteiger partial charge in [0.15, 0.2) is 0 Å². The third kappa shape index (κ3) is 22.6. The number of unbranched alkanes of at least 4 members (excludes halogenated alkanes) is 15. The molecule has 0 rings (SSSR count). The molecule has 5 heteroatoms. The zero-order valence-corrected chi connectivity index (χ0v) is 25.5. The van der Waals surface area contributed by atoms with Crippen LogP contribution in [-0.2, 0) is 4.79 Å². The Balaban J connectivity index is 0. The highest BCUT2D eigenvalue weighted by Gasteiger charge is 2.29. The molecular weight excluding hydrogens is 468 g/mol. The Morgan fingerprint density at radius 3 is 1.64 bits per heavy atom. The van der Waals surface area contributed by atoms with Gasteiger partial charge in [0.25, 0.3) is 0 Å². The van der Waals surface area contributed by atoms with Gasteiger partial charge in [0.1, 0.15) is 5.72 Å². The summed E-state index contributed by atoms with van der Waals surface area (Å²) in [5, 5.41) is 16.8. The summed E-state index contributed by atoms with van der Waals surface area (Å²) in [4.78, 5) is 12.3. The van der Waals surface area contributed by atoms with Crippen molar-refractivity contribution >= 4 is 18.3 Å².